The molecule has 1 aromatic rings. The van der Waals surface area contributed by atoms with Crippen LogP contribution in [0, 0.1) is 5.82 Å². The van der Waals surface area contributed by atoms with Crippen molar-refractivity contribution in [1.29, 1.82) is 0 Å². The third-order valence-corrected chi connectivity index (χ3v) is 4.01. The first-order valence-electron chi connectivity index (χ1n) is 6.33. The normalized spacial score (nSPS) is 30.8. The summed E-state index contributed by atoms with van der Waals surface area (Å²) in [5.74, 6) is 0.0908. The Balaban J connectivity index is 1.63. The quantitative estimate of drug-likeness (QED) is 0.451. The second kappa shape index (κ2) is 3.54. The Hall–Kier alpha value is -1.95. The summed E-state index contributed by atoms with van der Waals surface area (Å²) in [4.78, 5) is 22.9. The van der Waals surface area contributed by atoms with Crippen LogP contribution in [0.5, 0.6) is 0 Å². The summed E-state index contributed by atoms with van der Waals surface area (Å²) in [7, 11) is 0. The van der Waals surface area contributed by atoms with Crippen molar-refractivity contribution in [2.75, 3.05) is 0 Å². The van der Waals surface area contributed by atoms with Crippen LogP contribution < -0.4 is 0 Å². The van der Waals surface area contributed by atoms with Crippen LogP contribution >= 0.6 is 0 Å². The predicted molar refractivity (Wildman–Crippen MR) is 64.5 cm³/mol. The van der Waals surface area contributed by atoms with Crippen LogP contribution in [0.3, 0.4) is 0 Å². The summed E-state index contributed by atoms with van der Waals surface area (Å²) in [6.07, 6.45) is 0.188. The monoisotopic (exact) mass is 258 g/mol. The molecule has 0 radical (unpaired) electrons. The molecule has 0 aliphatic carbocycles. The number of hydrogen-bond acceptors (Lipinski definition) is 5. The van der Waals surface area contributed by atoms with Crippen molar-refractivity contribution in [3.05, 3.63) is 41.7 Å². The third kappa shape index (κ3) is 1.50. The van der Waals surface area contributed by atoms with Crippen molar-refractivity contribution in [3.8, 4) is 0 Å². The standard InChI is InChI=1S/C13H11BO5/c15-10-6-9-7-11(16)19-14(9,18-10)13-12(17-13)8-4-2-1-3-5-8/h1-5,12-13H,6-7H2/t12-,13+/m0/s1. The van der Waals surface area contributed by atoms with E-state index in [0.717, 1.165) is 11.4 Å². The van der Waals surface area contributed by atoms with Crippen LogP contribution in [0.15, 0.2) is 30.3 Å². The highest BCUT2D eigenvalue weighted by Crippen LogP contribution is 2.54. The van der Waals surface area contributed by atoms with Gasteiger partial charge >= 0.3 is 18.5 Å². The maximum absolute atomic E-state index is 11.5. The molecule has 2 atom stereocenters. The first kappa shape index (κ1) is 10.9. The molecule has 0 spiro atoms. The number of ether oxygens (including phenoxy) is 1. The van der Waals surface area contributed by atoms with Gasteiger partial charge in [-0.1, -0.05) is 30.3 Å². The van der Waals surface area contributed by atoms with Gasteiger partial charge in [0.05, 0.1) is 12.1 Å². The van der Waals surface area contributed by atoms with Gasteiger partial charge in [-0.05, 0) is 5.56 Å². The summed E-state index contributed by atoms with van der Waals surface area (Å²) in [6.45, 7) is -2.02. The Morgan fingerprint density at radius 1 is 1.05 bits per heavy atom. The van der Waals surface area contributed by atoms with Crippen molar-refractivity contribution >= 4 is 18.5 Å². The van der Waals surface area contributed by atoms with Gasteiger partial charge in [-0.3, -0.25) is 9.59 Å². The number of fused-ring (bicyclic) bond motifs is 1. The Morgan fingerprint density at radius 3 is 2.32 bits per heavy atom. The van der Waals surface area contributed by atoms with E-state index in [9.17, 15) is 9.59 Å². The minimum absolute atomic E-state index is 0.159. The minimum Gasteiger partial charge on any atom is -0.612 e. The zero-order chi connectivity index (χ0) is 13.0. The van der Waals surface area contributed by atoms with Crippen LogP contribution in [0.2, 0.25) is 0 Å². The van der Waals surface area contributed by atoms with E-state index in [2.05, 4.69) is 0 Å². The van der Waals surface area contributed by atoms with Gasteiger partial charge in [0.2, 0.25) is 0 Å². The fourth-order valence-electron chi connectivity index (χ4n) is 3.12. The fraction of sp³-hybridized carbons (Fsp3) is 0.308. The molecule has 4 rings (SSSR count). The van der Waals surface area contributed by atoms with E-state index in [4.69, 9.17) is 14.0 Å². The summed E-state index contributed by atoms with van der Waals surface area (Å²) in [6, 6.07) is 9.31. The number of carbonyl (C=O) groups is 2. The van der Waals surface area contributed by atoms with Gasteiger partial charge in [0.1, 0.15) is 12.8 Å². The molecule has 0 saturated carbocycles. The van der Waals surface area contributed by atoms with E-state index in [1.807, 2.05) is 30.3 Å². The van der Waals surface area contributed by atoms with Crippen molar-refractivity contribution in [2.24, 2.45) is 0 Å². The summed E-state index contributed by atoms with van der Waals surface area (Å²) < 4.78 is 16.3. The molecule has 3 aliphatic heterocycles. The zero-order valence-corrected chi connectivity index (χ0v) is 10.1. The zero-order valence-electron chi connectivity index (χ0n) is 10.1. The SMILES string of the molecule is O=C1C[C+]2CC(=O)O[B-]2([C@@H]2O[C@H]2c2ccccc2)O1. The molecule has 0 unspecified atom stereocenters. The second-order valence-electron chi connectivity index (χ2n) is 5.19. The van der Waals surface area contributed by atoms with Gasteiger partial charge in [0.15, 0.2) is 0 Å². The van der Waals surface area contributed by atoms with Crippen LogP contribution in [0.25, 0.3) is 0 Å². The lowest BCUT2D eigenvalue weighted by Crippen LogP contribution is -2.47. The van der Waals surface area contributed by atoms with Gasteiger partial charge in [-0.15, -0.1) is 0 Å². The molecule has 5 nitrogen and oxygen atoms in total. The second-order valence-corrected chi connectivity index (χ2v) is 5.19. The molecule has 1 aromatic carbocycles. The number of benzene rings is 1. The molecular formula is C13H11BO5. The average Bonchev–Trinajstić information content (AvgIpc) is 3.05. The van der Waals surface area contributed by atoms with E-state index in [1.54, 1.807) is 0 Å². The summed E-state index contributed by atoms with van der Waals surface area (Å²) in [5, 5.41) is 0. The summed E-state index contributed by atoms with van der Waals surface area (Å²) in [5.41, 5.74) is 1.01. The molecule has 0 bridgehead atoms. The molecule has 0 aromatic heterocycles. The molecule has 3 saturated heterocycles. The lowest BCUT2D eigenvalue weighted by Gasteiger charge is -2.22. The van der Waals surface area contributed by atoms with E-state index < -0.39 is 6.55 Å². The van der Waals surface area contributed by atoms with Crippen molar-refractivity contribution < 1.29 is 23.6 Å². The Morgan fingerprint density at radius 2 is 1.68 bits per heavy atom. The number of epoxide rings is 1. The molecule has 3 heterocycles. The van der Waals surface area contributed by atoms with Gasteiger partial charge in [0.25, 0.3) is 0 Å². The smallest absolute Gasteiger partial charge is 0.589 e. The van der Waals surface area contributed by atoms with Crippen LogP contribution in [0.4, 0.5) is 0 Å². The largest absolute Gasteiger partial charge is 0.612 e. The molecule has 19 heavy (non-hydrogen) atoms. The molecule has 96 valence electrons. The highest BCUT2D eigenvalue weighted by molar-refractivity contribution is 6.81. The first-order chi connectivity index (χ1) is 9.19. The predicted octanol–water partition coefficient (Wildman–Crippen LogP) is 1.12. The highest BCUT2D eigenvalue weighted by atomic mass is 16.7. The van der Waals surface area contributed by atoms with E-state index >= 15 is 0 Å². The first-order valence-corrected chi connectivity index (χ1v) is 6.33. The average molecular weight is 258 g/mol. The molecule has 3 aliphatic rings. The third-order valence-electron chi connectivity index (χ3n) is 4.01. The lowest BCUT2D eigenvalue weighted by atomic mass is 9.45. The van der Waals surface area contributed by atoms with E-state index in [-0.39, 0.29) is 36.9 Å². The minimum atomic E-state index is -2.02. The van der Waals surface area contributed by atoms with Crippen molar-refractivity contribution in [1.82, 2.24) is 0 Å². The Kier molecular flexibility index (Phi) is 2.04. The Bertz CT molecular complexity index is 537. The molecular weight excluding hydrogens is 247 g/mol. The number of rotatable bonds is 2. The molecule has 6 heteroatoms. The fourth-order valence-corrected chi connectivity index (χ4v) is 3.12. The number of hydrogen-bond donors (Lipinski definition) is 0. The van der Waals surface area contributed by atoms with Crippen molar-refractivity contribution in [3.63, 3.8) is 0 Å². The van der Waals surface area contributed by atoms with Crippen molar-refractivity contribution in [2.45, 2.75) is 24.9 Å². The molecule has 3 fully saturated rings. The topological polar surface area (TPSA) is 65.1 Å². The number of carbonyl (C=O) groups excluding carboxylic acids is 2. The van der Waals surface area contributed by atoms with Gasteiger partial charge in [-0.2, -0.15) is 0 Å². The lowest BCUT2D eigenvalue weighted by molar-refractivity contribution is -0.138. The van der Waals surface area contributed by atoms with Gasteiger partial charge in [0, 0.05) is 5.82 Å². The molecule has 0 amide bonds. The van der Waals surface area contributed by atoms with Gasteiger partial charge in [-0.25, -0.2) is 0 Å². The maximum atomic E-state index is 11.5. The van der Waals surface area contributed by atoms with Crippen LogP contribution in [0.1, 0.15) is 24.5 Å². The molecule has 0 N–H and O–H groups in total. The highest BCUT2D eigenvalue weighted by Gasteiger charge is 2.75. The Labute approximate surface area is 109 Å². The maximum Gasteiger partial charge on any atom is 0.589 e. The van der Waals surface area contributed by atoms with E-state index in [1.165, 1.54) is 0 Å². The van der Waals surface area contributed by atoms with Crippen LogP contribution in [-0.4, -0.2) is 24.5 Å². The van der Waals surface area contributed by atoms with Crippen LogP contribution in [-0.2, 0) is 23.6 Å². The van der Waals surface area contributed by atoms with E-state index in [0.29, 0.717) is 0 Å². The summed E-state index contributed by atoms with van der Waals surface area (Å²) >= 11 is 0. The van der Waals surface area contributed by atoms with Gasteiger partial charge < -0.3 is 14.0 Å².